The molecular weight excluding hydrogens is 672 g/mol. The number of esters is 6. The van der Waals surface area contributed by atoms with E-state index >= 15 is 0 Å². The second-order valence-corrected chi connectivity index (χ2v) is 10.4. The van der Waals surface area contributed by atoms with E-state index in [4.69, 9.17) is 24.1 Å². The molecule has 50 heavy (non-hydrogen) atoms. The molecule has 1 N–H and O–H groups in total. The molecule has 18 heteroatoms. The fourth-order valence-corrected chi connectivity index (χ4v) is 3.57. The maximum absolute atomic E-state index is 11.9. The van der Waals surface area contributed by atoms with Crippen molar-refractivity contribution in [3.63, 3.8) is 0 Å². The van der Waals surface area contributed by atoms with Gasteiger partial charge in [0, 0.05) is 32.6 Å². The molecule has 2 heterocycles. The van der Waals surface area contributed by atoms with Gasteiger partial charge in [0.1, 0.15) is 6.61 Å². The van der Waals surface area contributed by atoms with E-state index in [2.05, 4.69) is 18.9 Å². The van der Waals surface area contributed by atoms with Crippen molar-refractivity contribution in [2.24, 2.45) is 0 Å². The minimum atomic E-state index is -1.36. The average molecular weight is 713 g/mol. The molecule has 0 radical (unpaired) electrons. The highest BCUT2D eigenvalue weighted by Gasteiger charge is 2.35. The number of carbonyl (C=O) groups is 9. The maximum atomic E-state index is 11.9. The molecule has 4 atom stereocenters. The highest BCUT2D eigenvalue weighted by atomic mass is 16.8. The van der Waals surface area contributed by atoms with Crippen LogP contribution in [0.2, 0.25) is 0 Å². The zero-order valence-corrected chi connectivity index (χ0v) is 27.9. The number of unbranched alkanes of at least 4 members (excludes halogenated alkanes) is 2. The Balaban J connectivity index is 0.000000413. The molecule has 3 rings (SSSR count). The van der Waals surface area contributed by atoms with Gasteiger partial charge in [0.25, 0.3) is 0 Å². The van der Waals surface area contributed by atoms with E-state index in [0.29, 0.717) is 0 Å². The fourth-order valence-electron chi connectivity index (χ4n) is 3.57. The van der Waals surface area contributed by atoms with Gasteiger partial charge in [0.15, 0.2) is 18.3 Å². The minimum absolute atomic E-state index is 0.0140. The van der Waals surface area contributed by atoms with Gasteiger partial charge in [-0.3, -0.25) is 14.4 Å². The van der Waals surface area contributed by atoms with Gasteiger partial charge < -0.3 is 43.0 Å². The largest absolute Gasteiger partial charge is 0.517 e. The molecule has 276 valence electrons. The predicted octanol–water partition coefficient (Wildman–Crippen LogP) is 3.09. The topological polar surface area (TPSA) is 248 Å². The van der Waals surface area contributed by atoms with Crippen LogP contribution in [0.5, 0.6) is 0 Å². The Morgan fingerprint density at radius 2 is 1.48 bits per heavy atom. The highest BCUT2D eigenvalue weighted by molar-refractivity contribution is 5.91. The molecule has 0 bridgehead atoms. The van der Waals surface area contributed by atoms with Crippen molar-refractivity contribution in [2.45, 2.75) is 104 Å². The SMILES string of the molecule is CC1OC(=O)OC1=O.CCCCCOC(=O)C(C)OC(=O)C(CCC(=O)O)OC(C)=O.O=C(CCC1OC(=O)OC1=O)OCc1ccccc1. The van der Waals surface area contributed by atoms with Crippen molar-refractivity contribution < 1.29 is 86.2 Å². The fraction of sp³-hybridized carbons (Fsp3) is 0.531. The first-order chi connectivity index (χ1) is 23.6. The summed E-state index contributed by atoms with van der Waals surface area (Å²) in [6.45, 7) is 6.30. The van der Waals surface area contributed by atoms with E-state index in [-0.39, 0.29) is 38.9 Å². The Hall–Kier alpha value is -5.55. The van der Waals surface area contributed by atoms with Crippen LogP contribution in [0.15, 0.2) is 30.3 Å². The minimum Gasteiger partial charge on any atom is -0.481 e. The molecule has 1 aromatic rings. The van der Waals surface area contributed by atoms with Crippen LogP contribution in [-0.4, -0.2) is 90.2 Å². The summed E-state index contributed by atoms with van der Waals surface area (Å²) in [4.78, 5) is 98.4. The van der Waals surface area contributed by atoms with Crippen LogP contribution >= 0.6 is 0 Å². The summed E-state index contributed by atoms with van der Waals surface area (Å²) in [7, 11) is 0. The molecule has 4 unspecified atom stereocenters. The Morgan fingerprint density at radius 3 is 1.98 bits per heavy atom. The molecule has 2 fully saturated rings. The van der Waals surface area contributed by atoms with E-state index in [1.807, 2.05) is 37.3 Å². The highest BCUT2D eigenvalue weighted by Crippen LogP contribution is 2.14. The number of benzene rings is 1. The summed E-state index contributed by atoms with van der Waals surface area (Å²) in [6, 6.07) is 9.23. The van der Waals surface area contributed by atoms with Gasteiger partial charge >= 0.3 is 54.1 Å². The van der Waals surface area contributed by atoms with Crippen molar-refractivity contribution >= 4 is 54.1 Å². The molecule has 18 nitrogen and oxygen atoms in total. The third-order valence-electron chi connectivity index (χ3n) is 6.14. The van der Waals surface area contributed by atoms with Gasteiger partial charge in [-0.15, -0.1) is 0 Å². The van der Waals surface area contributed by atoms with Crippen LogP contribution in [0.1, 0.15) is 78.2 Å². The van der Waals surface area contributed by atoms with Crippen molar-refractivity contribution in [1.82, 2.24) is 0 Å². The number of carboxylic acids is 1. The number of hydrogen-bond donors (Lipinski definition) is 1. The third kappa shape index (κ3) is 18.1. The standard InChI is InChI=1S/C15H24O8.C13H12O6.C4H4O4/c1-4-5-6-9-21-14(19)10(2)22-15(20)12(23-11(3)16)7-8-13(17)18;14-11(17-8-9-4-2-1-3-5-9)7-6-10-12(15)19-13(16)18-10;1-2-3(5)8-4(6)7-2/h10,12H,4-9H2,1-3H3,(H,17,18);1-5,10H,6-8H2;2H,1H3. The van der Waals surface area contributed by atoms with E-state index in [0.717, 1.165) is 31.7 Å². The molecule has 0 aromatic heterocycles. The second-order valence-electron chi connectivity index (χ2n) is 10.4. The Bertz CT molecular complexity index is 1340. The van der Waals surface area contributed by atoms with Crippen LogP contribution in [-0.2, 0) is 78.1 Å². The lowest BCUT2D eigenvalue weighted by molar-refractivity contribution is -0.178. The van der Waals surface area contributed by atoms with Crippen LogP contribution in [0, 0.1) is 0 Å². The molecule has 2 aliphatic rings. The predicted molar refractivity (Wildman–Crippen MR) is 162 cm³/mol. The van der Waals surface area contributed by atoms with Crippen molar-refractivity contribution in [1.29, 1.82) is 0 Å². The van der Waals surface area contributed by atoms with Crippen molar-refractivity contribution in [3.8, 4) is 0 Å². The monoisotopic (exact) mass is 712 g/mol. The number of ether oxygens (including phenoxy) is 8. The van der Waals surface area contributed by atoms with Gasteiger partial charge in [-0.2, -0.15) is 0 Å². The zero-order valence-electron chi connectivity index (χ0n) is 27.9. The molecule has 0 saturated carbocycles. The van der Waals surface area contributed by atoms with E-state index in [9.17, 15) is 43.2 Å². The maximum Gasteiger partial charge on any atom is 0.517 e. The summed E-state index contributed by atoms with van der Waals surface area (Å²) in [5, 5.41) is 8.62. The molecular formula is C32H40O18. The second kappa shape index (κ2) is 22.9. The molecule has 1 aromatic carbocycles. The van der Waals surface area contributed by atoms with E-state index in [1.54, 1.807) is 0 Å². The Morgan fingerprint density at radius 1 is 0.840 bits per heavy atom. The van der Waals surface area contributed by atoms with E-state index < -0.39 is 78.5 Å². The molecule has 2 saturated heterocycles. The number of cyclic esters (lactones) is 6. The van der Waals surface area contributed by atoms with Gasteiger partial charge in [0.05, 0.1) is 6.61 Å². The van der Waals surface area contributed by atoms with E-state index in [1.165, 1.54) is 13.8 Å². The summed E-state index contributed by atoms with van der Waals surface area (Å²) in [5.74, 6) is -5.39. The quantitative estimate of drug-likeness (QED) is 0.112. The summed E-state index contributed by atoms with van der Waals surface area (Å²) < 4.78 is 36.6. The van der Waals surface area contributed by atoms with Gasteiger partial charge in [-0.1, -0.05) is 50.1 Å². The van der Waals surface area contributed by atoms with Crippen molar-refractivity contribution in [2.75, 3.05) is 6.61 Å². The lowest BCUT2D eigenvalue weighted by atomic mass is 10.2. The lowest BCUT2D eigenvalue weighted by Gasteiger charge is -2.18. The number of rotatable bonds is 16. The number of aliphatic carboxylic acids is 1. The average Bonchev–Trinajstić information content (AvgIpc) is 3.55. The van der Waals surface area contributed by atoms with Gasteiger partial charge in [-0.05, 0) is 25.8 Å². The van der Waals surface area contributed by atoms with Crippen molar-refractivity contribution in [3.05, 3.63) is 35.9 Å². The first kappa shape index (κ1) is 42.5. The smallest absolute Gasteiger partial charge is 0.481 e. The number of carbonyl (C=O) groups excluding carboxylic acids is 8. The zero-order chi connectivity index (χ0) is 37.6. The summed E-state index contributed by atoms with van der Waals surface area (Å²) in [6.07, 6.45) is -4.09. The number of hydrogen-bond acceptors (Lipinski definition) is 17. The molecule has 0 amide bonds. The molecule has 0 aliphatic carbocycles. The normalized spacial score (nSPS) is 17.0. The van der Waals surface area contributed by atoms with Crippen LogP contribution in [0.3, 0.4) is 0 Å². The molecule has 0 spiro atoms. The summed E-state index contributed by atoms with van der Waals surface area (Å²) in [5.41, 5.74) is 0.877. The van der Waals surface area contributed by atoms with Crippen LogP contribution < -0.4 is 0 Å². The first-order valence-electron chi connectivity index (χ1n) is 15.4. The van der Waals surface area contributed by atoms with Gasteiger partial charge in [0.2, 0.25) is 6.10 Å². The van der Waals surface area contributed by atoms with Crippen LogP contribution in [0.25, 0.3) is 0 Å². The first-order valence-corrected chi connectivity index (χ1v) is 15.4. The third-order valence-corrected chi connectivity index (χ3v) is 6.14. The number of carboxylic acid groups (broad SMARTS) is 1. The summed E-state index contributed by atoms with van der Waals surface area (Å²) >= 11 is 0. The molecule has 2 aliphatic heterocycles. The van der Waals surface area contributed by atoms with Gasteiger partial charge in [-0.25, -0.2) is 28.8 Å². The lowest BCUT2D eigenvalue weighted by Crippen LogP contribution is -2.35. The Kier molecular flexibility index (Phi) is 19.5. The van der Waals surface area contributed by atoms with Crippen LogP contribution in [0.4, 0.5) is 9.59 Å². The Labute approximate surface area is 286 Å².